The summed E-state index contributed by atoms with van der Waals surface area (Å²) in [4.78, 5) is 39.3. The van der Waals surface area contributed by atoms with Crippen molar-refractivity contribution < 1.29 is 23.9 Å². The number of nitrogens with zero attached hydrogens (tertiary/aromatic N) is 2. The minimum absolute atomic E-state index is 0.0862. The molecule has 5 rings (SSSR count). The highest BCUT2D eigenvalue weighted by Gasteiger charge is 2.44. The monoisotopic (exact) mass is 391 g/mol. The maximum absolute atomic E-state index is 13.0. The number of anilines is 1. The molecule has 0 saturated carbocycles. The van der Waals surface area contributed by atoms with Gasteiger partial charge < -0.3 is 19.4 Å². The summed E-state index contributed by atoms with van der Waals surface area (Å²) < 4.78 is 12.1. The van der Waals surface area contributed by atoms with Gasteiger partial charge in [0, 0.05) is 5.39 Å². The first kappa shape index (κ1) is 17.3. The topological polar surface area (TPSA) is 89.9 Å². The van der Waals surface area contributed by atoms with Crippen LogP contribution in [0.4, 0.5) is 10.5 Å². The van der Waals surface area contributed by atoms with E-state index in [1.165, 1.54) is 12.0 Å². The van der Waals surface area contributed by atoms with Crippen LogP contribution in [0, 0.1) is 0 Å². The Morgan fingerprint density at radius 2 is 1.86 bits per heavy atom. The van der Waals surface area contributed by atoms with Crippen molar-refractivity contribution in [1.82, 2.24) is 9.88 Å². The van der Waals surface area contributed by atoms with Crippen LogP contribution in [0.2, 0.25) is 0 Å². The van der Waals surface area contributed by atoms with Crippen molar-refractivity contribution in [3.63, 3.8) is 0 Å². The summed E-state index contributed by atoms with van der Waals surface area (Å²) in [7, 11) is 1.22. The molecule has 1 aromatic heterocycles. The molecule has 2 amide bonds. The Hall–Kier alpha value is -3.81. The van der Waals surface area contributed by atoms with E-state index in [0.29, 0.717) is 23.3 Å². The van der Waals surface area contributed by atoms with Gasteiger partial charge in [-0.1, -0.05) is 30.3 Å². The van der Waals surface area contributed by atoms with Crippen LogP contribution in [-0.4, -0.2) is 36.2 Å². The van der Waals surface area contributed by atoms with Gasteiger partial charge in [-0.05, 0) is 23.8 Å². The van der Waals surface area contributed by atoms with E-state index in [4.69, 9.17) is 4.74 Å². The second kappa shape index (κ2) is 6.37. The number of para-hydroxylation sites is 2. The number of carbonyl (C=O) groups is 3. The lowest BCUT2D eigenvalue weighted by Crippen LogP contribution is -2.54. The zero-order chi connectivity index (χ0) is 20.1. The molecule has 0 bridgehead atoms. The fourth-order valence-corrected chi connectivity index (χ4v) is 4.14. The molecular formula is C21H17N3O5. The Kier molecular flexibility index (Phi) is 3.80. The van der Waals surface area contributed by atoms with Crippen LogP contribution >= 0.6 is 0 Å². The number of ether oxygens (including phenoxy) is 2. The SMILES string of the molecule is COC(=O)Oc1c2n(c3ccccc13)Cc1ccccc1N1C(=O)CNC(=O)C21. The summed E-state index contributed by atoms with van der Waals surface area (Å²) >= 11 is 0. The van der Waals surface area contributed by atoms with E-state index in [-0.39, 0.29) is 24.1 Å². The molecule has 146 valence electrons. The highest BCUT2D eigenvalue weighted by Crippen LogP contribution is 2.45. The number of methoxy groups -OCH3 is 1. The molecule has 2 aromatic carbocycles. The van der Waals surface area contributed by atoms with Crippen LogP contribution < -0.4 is 15.0 Å². The van der Waals surface area contributed by atoms with Crippen LogP contribution in [-0.2, 0) is 20.9 Å². The number of hydrogen-bond donors (Lipinski definition) is 1. The molecule has 1 unspecified atom stereocenters. The van der Waals surface area contributed by atoms with Crippen molar-refractivity contribution >= 4 is 34.6 Å². The molecule has 2 aliphatic rings. The number of nitrogens with one attached hydrogen (secondary N) is 1. The Labute approximate surface area is 165 Å². The summed E-state index contributed by atoms with van der Waals surface area (Å²) in [6.45, 7) is 0.335. The quantitative estimate of drug-likeness (QED) is 0.643. The lowest BCUT2D eigenvalue weighted by atomic mass is 10.0. The molecule has 8 nitrogen and oxygen atoms in total. The maximum atomic E-state index is 13.0. The molecule has 1 saturated heterocycles. The summed E-state index contributed by atoms with van der Waals surface area (Å²) in [5, 5.41) is 3.32. The molecule has 0 aliphatic carbocycles. The van der Waals surface area contributed by atoms with E-state index in [1.54, 1.807) is 0 Å². The molecular weight excluding hydrogens is 374 g/mol. The molecule has 29 heavy (non-hydrogen) atoms. The third-order valence-corrected chi connectivity index (χ3v) is 5.34. The van der Waals surface area contributed by atoms with E-state index in [0.717, 1.165) is 11.1 Å². The highest BCUT2D eigenvalue weighted by atomic mass is 16.7. The predicted molar refractivity (Wildman–Crippen MR) is 104 cm³/mol. The van der Waals surface area contributed by atoms with E-state index in [1.807, 2.05) is 53.1 Å². The summed E-state index contributed by atoms with van der Waals surface area (Å²) in [6.07, 6.45) is -0.889. The first-order valence-electron chi connectivity index (χ1n) is 9.14. The smallest absolute Gasteiger partial charge is 0.437 e. The molecule has 2 aliphatic heterocycles. The highest BCUT2D eigenvalue weighted by molar-refractivity contribution is 6.09. The summed E-state index contributed by atoms with van der Waals surface area (Å²) in [6, 6.07) is 13.9. The summed E-state index contributed by atoms with van der Waals surface area (Å²) in [5.74, 6) is -0.343. The van der Waals surface area contributed by atoms with E-state index in [9.17, 15) is 14.4 Å². The zero-order valence-corrected chi connectivity index (χ0v) is 15.5. The Morgan fingerprint density at radius 1 is 1.10 bits per heavy atom. The van der Waals surface area contributed by atoms with Crippen LogP contribution in [0.25, 0.3) is 10.9 Å². The average Bonchev–Trinajstić information content (AvgIpc) is 2.93. The molecule has 1 N–H and O–H groups in total. The Bertz CT molecular complexity index is 1180. The molecule has 3 heterocycles. The first-order chi connectivity index (χ1) is 14.1. The second-order valence-electron chi connectivity index (χ2n) is 6.89. The van der Waals surface area contributed by atoms with Crippen molar-refractivity contribution in [3.8, 4) is 5.75 Å². The third kappa shape index (κ3) is 2.49. The van der Waals surface area contributed by atoms with Crippen molar-refractivity contribution in [2.75, 3.05) is 18.6 Å². The average molecular weight is 391 g/mol. The number of aromatic nitrogens is 1. The number of rotatable bonds is 1. The van der Waals surface area contributed by atoms with Crippen molar-refractivity contribution in [2.45, 2.75) is 12.6 Å². The number of piperazine rings is 1. The lowest BCUT2D eigenvalue weighted by Gasteiger charge is -2.34. The van der Waals surface area contributed by atoms with Crippen LogP contribution in [0.1, 0.15) is 17.3 Å². The number of benzene rings is 2. The number of amides is 2. The molecule has 0 spiro atoms. The van der Waals surface area contributed by atoms with E-state index in [2.05, 4.69) is 10.1 Å². The van der Waals surface area contributed by atoms with Crippen molar-refractivity contribution in [1.29, 1.82) is 0 Å². The van der Waals surface area contributed by atoms with Crippen LogP contribution in [0.5, 0.6) is 5.75 Å². The first-order valence-corrected chi connectivity index (χ1v) is 9.14. The fourth-order valence-electron chi connectivity index (χ4n) is 4.14. The van der Waals surface area contributed by atoms with Gasteiger partial charge in [-0.25, -0.2) is 4.79 Å². The van der Waals surface area contributed by atoms with Gasteiger partial charge in [0.25, 0.3) is 0 Å². The van der Waals surface area contributed by atoms with E-state index >= 15 is 0 Å². The Balaban J connectivity index is 1.86. The molecule has 0 radical (unpaired) electrons. The zero-order valence-electron chi connectivity index (χ0n) is 15.5. The van der Waals surface area contributed by atoms with Gasteiger partial charge in [-0.2, -0.15) is 0 Å². The fraction of sp³-hybridized carbons (Fsp3) is 0.190. The largest absolute Gasteiger partial charge is 0.513 e. The number of carbonyl (C=O) groups excluding carboxylic acids is 3. The molecule has 3 aromatic rings. The lowest BCUT2D eigenvalue weighted by molar-refractivity contribution is -0.131. The summed E-state index contributed by atoms with van der Waals surface area (Å²) in [5.41, 5.74) is 2.81. The third-order valence-electron chi connectivity index (χ3n) is 5.34. The van der Waals surface area contributed by atoms with Gasteiger partial charge in [0.1, 0.15) is 0 Å². The van der Waals surface area contributed by atoms with Crippen molar-refractivity contribution in [2.24, 2.45) is 0 Å². The van der Waals surface area contributed by atoms with E-state index < -0.39 is 12.2 Å². The Morgan fingerprint density at radius 3 is 2.69 bits per heavy atom. The molecule has 8 heteroatoms. The molecule has 1 fully saturated rings. The minimum atomic E-state index is -0.966. The number of hydrogen-bond acceptors (Lipinski definition) is 5. The van der Waals surface area contributed by atoms with Crippen molar-refractivity contribution in [3.05, 3.63) is 59.8 Å². The van der Waals surface area contributed by atoms with Crippen LogP contribution in [0.3, 0.4) is 0 Å². The standard InChI is InChI=1S/C21H17N3O5/c1-28-21(27)29-19-13-7-3-5-9-15(13)23-11-12-6-2-4-8-14(12)24-16(25)10-22-20(26)18(24)17(19)23/h2-9,18H,10-11H2,1H3,(H,22,26). The number of fused-ring (bicyclic) bond motifs is 7. The minimum Gasteiger partial charge on any atom is -0.437 e. The van der Waals surface area contributed by atoms with Gasteiger partial charge in [0.15, 0.2) is 11.8 Å². The second-order valence-corrected chi connectivity index (χ2v) is 6.89. The molecule has 1 atom stereocenters. The van der Waals surface area contributed by atoms with Gasteiger partial charge in [-0.3, -0.25) is 14.5 Å². The predicted octanol–water partition coefficient (Wildman–Crippen LogP) is 2.35. The van der Waals surface area contributed by atoms with Gasteiger partial charge in [-0.15, -0.1) is 0 Å². The maximum Gasteiger partial charge on any atom is 0.513 e. The van der Waals surface area contributed by atoms with Crippen LogP contribution in [0.15, 0.2) is 48.5 Å². The van der Waals surface area contributed by atoms with Gasteiger partial charge >= 0.3 is 6.16 Å². The normalized spacial score (nSPS) is 17.7. The van der Waals surface area contributed by atoms with Gasteiger partial charge in [0.2, 0.25) is 11.8 Å². The van der Waals surface area contributed by atoms with Gasteiger partial charge in [0.05, 0.1) is 37.1 Å².